The summed E-state index contributed by atoms with van der Waals surface area (Å²) in [5, 5.41) is 1.14. The summed E-state index contributed by atoms with van der Waals surface area (Å²) in [6.45, 7) is 6.13. The van der Waals surface area contributed by atoms with E-state index in [1.807, 2.05) is 24.3 Å². The van der Waals surface area contributed by atoms with E-state index < -0.39 is 0 Å². The van der Waals surface area contributed by atoms with Crippen LogP contribution >= 0.6 is 23.2 Å². The van der Waals surface area contributed by atoms with E-state index >= 15 is 0 Å². The number of benzene rings is 1. The van der Waals surface area contributed by atoms with Crippen molar-refractivity contribution in [1.29, 1.82) is 0 Å². The molecule has 5 heteroatoms. The lowest BCUT2D eigenvalue weighted by Gasteiger charge is -2.27. The first-order valence-corrected chi connectivity index (χ1v) is 8.30. The molecule has 2 rings (SSSR count). The molecule has 0 amide bonds. The zero-order valence-corrected chi connectivity index (χ0v) is 15.6. The third-order valence-corrected chi connectivity index (χ3v) is 4.73. The summed E-state index contributed by atoms with van der Waals surface area (Å²) in [7, 11) is 3.25. The molecule has 0 aliphatic rings. The Balaban J connectivity index is 2.29. The molecule has 1 atom stereocenters. The van der Waals surface area contributed by atoms with Gasteiger partial charge in [0.15, 0.2) is 11.5 Å². The summed E-state index contributed by atoms with van der Waals surface area (Å²) in [6.07, 6.45) is 6.61. The molecule has 0 aliphatic carbocycles. The summed E-state index contributed by atoms with van der Waals surface area (Å²) in [5.41, 5.74) is 1.79. The van der Waals surface area contributed by atoms with Crippen molar-refractivity contribution < 1.29 is 9.47 Å². The molecule has 0 N–H and O–H groups in total. The highest BCUT2D eigenvalue weighted by Crippen LogP contribution is 2.36. The molecule has 128 valence electrons. The van der Waals surface area contributed by atoms with Gasteiger partial charge in [0.2, 0.25) is 0 Å². The van der Waals surface area contributed by atoms with Crippen LogP contribution in [0, 0.1) is 5.41 Å². The van der Waals surface area contributed by atoms with Gasteiger partial charge in [-0.15, -0.1) is 6.58 Å². The maximum Gasteiger partial charge on any atom is 0.160 e. The molecule has 0 aliphatic heterocycles. The molecule has 0 saturated carbocycles. The molecule has 0 radical (unpaired) electrons. The average Bonchev–Trinajstić information content (AvgIpc) is 2.58. The van der Waals surface area contributed by atoms with Crippen LogP contribution in [0.5, 0.6) is 11.5 Å². The Hall–Kier alpha value is -1.71. The highest BCUT2D eigenvalue weighted by molar-refractivity contribution is 6.35. The first-order valence-electron chi connectivity index (χ1n) is 7.55. The Morgan fingerprint density at radius 3 is 2.25 bits per heavy atom. The molecule has 0 saturated heterocycles. The molecule has 1 heterocycles. The minimum atomic E-state index is -0.214. The Kier molecular flexibility index (Phi) is 6.14. The van der Waals surface area contributed by atoms with E-state index in [0.717, 1.165) is 17.5 Å². The fraction of sp³-hybridized carbons (Fsp3) is 0.316. The van der Waals surface area contributed by atoms with Crippen molar-refractivity contribution >= 4 is 23.2 Å². The molecule has 2 aromatic rings. The fourth-order valence-electron chi connectivity index (χ4n) is 2.67. The molecule has 0 fully saturated rings. The van der Waals surface area contributed by atoms with Gasteiger partial charge < -0.3 is 9.47 Å². The van der Waals surface area contributed by atoms with Crippen LogP contribution in [0.4, 0.5) is 0 Å². The number of ether oxygens (including phenoxy) is 2. The van der Waals surface area contributed by atoms with Crippen LogP contribution in [-0.2, 0) is 12.8 Å². The minimum Gasteiger partial charge on any atom is -0.493 e. The molecule has 24 heavy (non-hydrogen) atoms. The predicted molar refractivity (Wildman–Crippen MR) is 99.5 cm³/mol. The number of hydrogen-bond acceptors (Lipinski definition) is 3. The summed E-state index contributed by atoms with van der Waals surface area (Å²) < 4.78 is 10.7. The van der Waals surface area contributed by atoms with Gasteiger partial charge in [-0.2, -0.15) is 0 Å². The molecule has 0 spiro atoms. The Morgan fingerprint density at radius 2 is 1.71 bits per heavy atom. The van der Waals surface area contributed by atoms with Crippen molar-refractivity contribution in [1.82, 2.24) is 4.98 Å². The standard InChI is InChI=1S/C19H21Cl2NO2/c1-5-19(2,10-14-15(20)11-22-12-16(14)21)9-13-6-7-17(23-3)18(8-13)24-4/h5-8,11-12H,1,9-10H2,2-4H3. The highest BCUT2D eigenvalue weighted by Gasteiger charge is 2.25. The lowest BCUT2D eigenvalue weighted by molar-refractivity contribution is 0.353. The minimum absolute atomic E-state index is 0.214. The van der Waals surface area contributed by atoms with E-state index in [2.05, 4.69) is 18.5 Å². The normalized spacial score (nSPS) is 13.2. The topological polar surface area (TPSA) is 31.4 Å². The molecule has 1 aromatic carbocycles. The average molecular weight is 366 g/mol. The van der Waals surface area contributed by atoms with Gasteiger partial charge in [-0.1, -0.05) is 42.3 Å². The summed E-state index contributed by atoms with van der Waals surface area (Å²) >= 11 is 12.5. The molecular formula is C19H21Cl2NO2. The molecule has 1 aromatic heterocycles. The van der Waals surface area contributed by atoms with Crippen LogP contribution in [0.15, 0.2) is 43.2 Å². The van der Waals surface area contributed by atoms with Crippen molar-refractivity contribution in [2.24, 2.45) is 5.41 Å². The van der Waals surface area contributed by atoms with Gasteiger partial charge in [0.05, 0.1) is 24.3 Å². The van der Waals surface area contributed by atoms with Crippen LogP contribution < -0.4 is 9.47 Å². The van der Waals surface area contributed by atoms with E-state index in [9.17, 15) is 0 Å². The maximum atomic E-state index is 6.27. The van der Waals surface area contributed by atoms with Crippen LogP contribution in [0.1, 0.15) is 18.1 Å². The second kappa shape index (κ2) is 7.91. The van der Waals surface area contributed by atoms with Crippen molar-refractivity contribution in [2.75, 3.05) is 14.2 Å². The monoisotopic (exact) mass is 365 g/mol. The number of halogens is 2. The number of aromatic nitrogens is 1. The number of pyridine rings is 1. The molecule has 0 bridgehead atoms. The lowest BCUT2D eigenvalue weighted by Crippen LogP contribution is -2.20. The summed E-state index contributed by atoms with van der Waals surface area (Å²) in [6, 6.07) is 5.92. The number of methoxy groups -OCH3 is 2. The second-order valence-electron chi connectivity index (χ2n) is 5.98. The van der Waals surface area contributed by atoms with Gasteiger partial charge in [0.1, 0.15) is 0 Å². The Labute approximate surface area is 153 Å². The predicted octanol–water partition coefficient (Wildman–Crippen LogP) is 5.38. The van der Waals surface area contributed by atoms with Crippen molar-refractivity contribution in [3.63, 3.8) is 0 Å². The van der Waals surface area contributed by atoms with Crippen molar-refractivity contribution in [3.8, 4) is 11.5 Å². The van der Waals surface area contributed by atoms with Crippen LogP contribution in [0.3, 0.4) is 0 Å². The summed E-state index contributed by atoms with van der Waals surface area (Å²) in [5.74, 6) is 1.42. The third-order valence-electron chi connectivity index (χ3n) is 4.08. The van der Waals surface area contributed by atoms with Crippen molar-refractivity contribution in [3.05, 3.63) is 64.4 Å². The molecule has 3 nitrogen and oxygen atoms in total. The van der Waals surface area contributed by atoms with Gasteiger partial charge >= 0.3 is 0 Å². The van der Waals surface area contributed by atoms with Gasteiger partial charge in [-0.05, 0) is 41.5 Å². The number of hydrogen-bond donors (Lipinski definition) is 0. The Bertz CT molecular complexity index is 713. The zero-order chi connectivity index (χ0) is 17.7. The number of nitrogens with zero attached hydrogens (tertiary/aromatic N) is 1. The van der Waals surface area contributed by atoms with Gasteiger partial charge in [-0.3, -0.25) is 4.98 Å². The zero-order valence-electron chi connectivity index (χ0n) is 14.1. The first kappa shape index (κ1) is 18.6. The van der Waals surface area contributed by atoms with Crippen LogP contribution in [0.25, 0.3) is 0 Å². The van der Waals surface area contributed by atoms with Gasteiger partial charge in [0, 0.05) is 12.4 Å². The maximum absolute atomic E-state index is 6.27. The van der Waals surface area contributed by atoms with E-state index in [1.54, 1.807) is 26.6 Å². The summed E-state index contributed by atoms with van der Waals surface area (Å²) in [4.78, 5) is 4.01. The number of allylic oxidation sites excluding steroid dienone is 1. The molecular weight excluding hydrogens is 345 g/mol. The van der Waals surface area contributed by atoms with E-state index in [-0.39, 0.29) is 5.41 Å². The quantitative estimate of drug-likeness (QED) is 0.616. The third kappa shape index (κ3) is 4.22. The SMILES string of the molecule is C=CC(C)(Cc1ccc(OC)c(OC)c1)Cc1c(Cl)cncc1Cl. The van der Waals surface area contributed by atoms with Gasteiger partial charge in [0.25, 0.3) is 0 Å². The number of rotatable bonds is 7. The second-order valence-corrected chi connectivity index (χ2v) is 6.80. The lowest BCUT2D eigenvalue weighted by atomic mass is 9.78. The Morgan fingerprint density at radius 1 is 1.08 bits per heavy atom. The van der Waals surface area contributed by atoms with Crippen LogP contribution in [0.2, 0.25) is 10.0 Å². The highest BCUT2D eigenvalue weighted by atomic mass is 35.5. The van der Waals surface area contributed by atoms with Crippen LogP contribution in [-0.4, -0.2) is 19.2 Å². The smallest absolute Gasteiger partial charge is 0.160 e. The van der Waals surface area contributed by atoms with E-state index in [4.69, 9.17) is 32.7 Å². The first-order chi connectivity index (χ1) is 11.4. The molecule has 1 unspecified atom stereocenters. The van der Waals surface area contributed by atoms with E-state index in [0.29, 0.717) is 28.0 Å². The largest absolute Gasteiger partial charge is 0.493 e. The van der Waals surface area contributed by atoms with Gasteiger partial charge in [-0.25, -0.2) is 0 Å². The van der Waals surface area contributed by atoms with E-state index in [1.165, 1.54) is 0 Å². The van der Waals surface area contributed by atoms with Crippen molar-refractivity contribution in [2.45, 2.75) is 19.8 Å². The fourth-order valence-corrected chi connectivity index (χ4v) is 3.17.